The first-order chi connectivity index (χ1) is 9.49. The van der Waals surface area contributed by atoms with Crippen LogP contribution < -0.4 is 15.8 Å². The molecule has 0 fully saturated rings. The number of para-hydroxylation sites is 1. The second-order valence-corrected chi connectivity index (χ2v) is 5.08. The maximum Gasteiger partial charge on any atom is 0.260 e. The summed E-state index contributed by atoms with van der Waals surface area (Å²) in [4.78, 5) is 12.3. The van der Waals surface area contributed by atoms with E-state index in [9.17, 15) is 4.79 Å². The Hall–Kier alpha value is -1.62. The van der Waals surface area contributed by atoms with Crippen molar-refractivity contribution in [2.45, 2.75) is 45.8 Å². The molecule has 0 aliphatic heterocycles. The highest BCUT2D eigenvalue weighted by Gasteiger charge is 2.18. The van der Waals surface area contributed by atoms with Gasteiger partial charge in [0.15, 0.2) is 6.10 Å². The molecule has 0 spiro atoms. The second kappa shape index (κ2) is 7.85. The average molecular weight is 294 g/mol. The van der Waals surface area contributed by atoms with E-state index in [1.54, 1.807) is 19.1 Å². The molecule has 1 atom stereocenters. The van der Waals surface area contributed by atoms with Crippen LogP contribution in [0.3, 0.4) is 0 Å². The predicted molar refractivity (Wildman–Crippen MR) is 84.9 cm³/mol. The molecule has 1 aromatic carbocycles. The minimum absolute atomic E-state index is 0.128. The third-order valence-electron chi connectivity index (χ3n) is 3.16. The molecule has 0 aliphatic rings. The van der Waals surface area contributed by atoms with Gasteiger partial charge in [0, 0.05) is 6.04 Å². The Labute approximate surface area is 125 Å². The van der Waals surface area contributed by atoms with Crippen molar-refractivity contribution >= 4 is 23.1 Å². The standard InChI is InChI=1S/C15H22N2O2S/c1-4-11(5-2)17-15(18)10(3)19-13-9-7-6-8-12(13)14(16)20/h6-11H,4-5H2,1-3H3,(H2,16,20)(H,17,18). The summed E-state index contributed by atoms with van der Waals surface area (Å²) < 4.78 is 5.68. The number of ether oxygens (including phenoxy) is 1. The van der Waals surface area contributed by atoms with Gasteiger partial charge in [-0.05, 0) is 31.9 Å². The number of nitrogens with one attached hydrogen (secondary N) is 1. The molecule has 5 heteroatoms. The number of thiocarbonyl (C=S) groups is 1. The molecule has 1 amide bonds. The maximum absolute atomic E-state index is 12.1. The summed E-state index contributed by atoms with van der Waals surface area (Å²) in [6.07, 6.45) is 1.21. The van der Waals surface area contributed by atoms with Gasteiger partial charge in [-0.2, -0.15) is 0 Å². The van der Waals surface area contributed by atoms with Crippen molar-refractivity contribution in [3.05, 3.63) is 29.8 Å². The summed E-state index contributed by atoms with van der Waals surface area (Å²) in [5.41, 5.74) is 6.28. The molecule has 4 nitrogen and oxygen atoms in total. The van der Waals surface area contributed by atoms with Crippen LogP contribution in [-0.2, 0) is 4.79 Å². The summed E-state index contributed by atoms with van der Waals surface area (Å²) in [7, 11) is 0. The lowest BCUT2D eigenvalue weighted by Crippen LogP contribution is -2.42. The van der Waals surface area contributed by atoms with E-state index in [1.807, 2.05) is 26.0 Å². The van der Waals surface area contributed by atoms with Crippen LogP contribution in [0.2, 0.25) is 0 Å². The largest absolute Gasteiger partial charge is 0.480 e. The fraction of sp³-hybridized carbons (Fsp3) is 0.467. The SMILES string of the molecule is CCC(CC)NC(=O)C(C)Oc1ccccc1C(N)=S. The summed E-state index contributed by atoms with van der Waals surface area (Å²) in [6, 6.07) is 7.37. The van der Waals surface area contributed by atoms with Gasteiger partial charge in [0.2, 0.25) is 0 Å². The third kappa shape index (κ3) is 4.49. The van der Waals surface area contributed by atoms with Crippen molar-refractivity contribution in [3.63, 3.8) is 0 Å². The van der Waals surface area contributed by atoms with Crippen LogP contribution in [0, 0.1) is 0 Å². The molecule has 0 radical (unpaired) electrons. The fourth-order valence-electron chi connectivity index (χ4n) is 1.83. The van der Waals surface area contributed by atoms with Gasteiger partial charge in [0.1, 0.15) is 10.7 Å². The summed E-state index contributed by atoms with van der Waals surface area (Å²) in [5.74, 6) is 0.406. The molecule has 0 bridgehead atoms. The summed E-state index contributed by atoms with van der Waals surface area (Å²) in [5, 5.41) is 2.96. The highest BCUT2D eigenvalue weighted by molar-refractivity contribution is 7.80. The number of benzene rings is 1. The van der Waals surface area contributed by atoms with E-state index >= 15 is 0 Å². The first kappa shape index (κ1) is 16.4. The molecule has 0 aromatic heterocycles. The Kier molecular flexibility index (Phi) is 6.45. The lowest BCUT2D eigenvalue weighted by Gasteiger charge is -2.20. The Morgan fingerprint density at radius 3 is 2.50 bits per heavy atom. The van der Waals surface area contributed by atoms with E-state index in [2.05, 4.69) is 5.32 Å². The van der Waals surface area contributed by atoms with Gasteiger partial charge in [-0.15, -0.1) is 0 Å². The van der Waals surface area contributed by atoms with E-state index in [1.165, 1.54) is 0 Å². The van der Waals surface area contributed by atoms with Gasteiger partial charge in [-0.3, -0.25) is 4.79 Å². The van der Waals surface area contributed by atoms with Crippen molar-refractivity contribution in [1.82, 2.24) is 5.32 Å². The van der Waals surface area contributed by atoms with Gasteiger partial charge in [-0.25, -0.2) is 0 Å². The minimum atomic E-state index is -0.592. The lowest BCUT2D eigenvalue weighted by atomic mass is 10.1. The van der Waals surface area contributed by atoms with E-state index in [-0.39, 0.29) is 16.9 Å². The molecule has 0 saturated heterocycles. The van der Waals surface area contributed by atoms with E-state index in [4.69, 9.17) is 22.7 Å². The first-order valence-electron chi connectivity index (χ1n) is 6.85. The number of hydrogen-bond acceptors (Lipinski definition) is 3. The first-order valence-corrected chi connectivity index (χ1v) is 7.26. The highest BCUT2D eigenvalue weighted by atomic mass is 32.1. The van der Waals surface area contributed by atoms with Crippen LogP contribution in [0.25, 0.3) is 0 Å². The summed E-state index contributed by atoms with van der Waals surface area (Å²) in [6.45, 7) is 5.80. The smallest absolute Gasteiger partial charge is 0.260 e. The monoisotopic (exact) mass is 294 g/mol. The van der Waals surface area contributed by atoms with Crippen molar-refractivity contribution in [1.29, 1.82) is 0 Å². The van der Waals surface area contributed by atoms with Gasteiger partial charge in [-0.1, -0.05) is 38.2 Å². The van der Waals surface area contributed by atoms with Crippen molar-refractivity contribution in [3.8, 4) is 5.75 Å². The quantitative estimate of drug-likeness (QED) is 0.758. The normalized spacial score (nSPS) is 12.0. The van der Waals surface area contributed by atoms with Crippen LogP contribution in [0.1, 0.15) is 39.2 Å². The van der Waals surface area contributed by atoms with Crippen molar-refractivity contribution in [2.75, 3.05) is 0 Å². The molecule has 1 aromatic rings. The molecule has 1 rings (SSSR count). The minimum Gasteiger partial charge on any atom is -0.480 e. The van der Waals surface area contributed by atoms with E-state index < -0.39 is 6.10 Å². The topological polar surface area (TPSA) is 64.3 Å². The zero-order chi connectivity index (χ0) is 15.1. The Balaban J connectivity index is 2.73. The lowest BCUT2D eigenvalue weighted by molar-refractivity contribution is -0.128. The third-order valence-corrected chi connectivity index (χ3v) is 3.38. The van der Waals surface area contributed by atoms with Crippen molar-refractivity contribution < 1.29 is 9.53 Å². The van der Waals surface area contributed by atoms with Crippen LogP contribution in [0.15, 0.2) is 24.3 Å². The van der Waals surface area contributed by atoms with Crippen molar-refractivity contribution in [2.24, 2.45) is 5.73 Å². The maximum atomic E-state index is 12.1. The number of hydrogen-bond donors (Lipinski definition) is 2. The highest BCUT2D eigenvalue weighted by Crippen LogP contribution is 2.19. The molecular weight excluding hydrogens is 272 g/mol. The van der Waals surface area contributed by atoms with Crippen LogP contribution in [-0.4, -0.2) is 23.0 Å². The van der Waals surface area contributed by atoms with Gasteiger partial charge >= 0.3 is 0 Å². The van der Waals surface area contributed by atoms with Gasteiger partial charge in [0.05, 0.1) is 5.56 Å². The van der Waals surface area contributed by atoms with Gasteiger partial charge in [0.25, 0.3) is 5.91 Å². The zero-order valence-electron chi connectivity index (χ0n) is 12.2. The Bertz CT molecular complexity index is 473. The number of carbonyl (C=O) groups excluding carboxylic acids is 1. The second-order valence-electron chi connectivity index (χ2n) is 4.64. The van der Waals surface area contributed by atoms with E-state index in [0.29, 0.717) is 11.3 Å². The van der Waals surface area contributed by atoms with Crippen LogP contribution in [0.5, 0.6) is 5.75 Å². The molecule has 0 saturated carbocycles. The Morgan fingerprint density at radius 2 is 1.95 bits per heavy atom. The molecular formula is C15H22N2O2S. The fourth-order valence-corrected chi connectivity index (χ4v) is 2.00. The number of rotatable bonds is 7. The molecule has 20 heavy (non-hydrogen) atoms. The molecule has 3 N–H and O–H groups in total. The summed E-state index contributed by atoms with van der Waals surface area (Å²) >= 11 is 4.97. The molecule has 110 valence electrons. The van der Waals surface area contributed by atoms with E-state index in [0.717, 1.165) is 12.8 Å². The van der Waals surface area contributed by atoms with Crippen LogP contribution >= 0.6 is 12.2 Å². The average Bonchev–Trinajstić information content (AvgIpc) is 2.44. The molecule has 1 unspecified atom stereocenters. The van der Waals surface area contributed by atoms with Crippen LogP contribution in [0.4, 0.5) is 0 Å². The Morgan fingerprint density at radius 1 is 1.35 bits per heavy atom. The number of nitrogens with two attached hydrogens (primary N) is 1. The molecule has 0 aliphatic carbocycles. The predicted octanol–water partition coefficient (Wildman–Crippen LogP) is 2.39. The molecule has 0 heterocycles. The number of amides is 1. The van der Waals surface area contributed by atoms with Gasteiger partial charge < -0.3 is 15.8 Å². The zero-order valence-corrected chi connectivity index (χ0v) is 13.0. The number of carbonyl (C=O) groups is 1.